The summed E-state index contributed by atoms with van der Waals surface area (Å²) in [6.45, 7) is 0. The molecular formula is C20H14N6. The lowest BCUT2D eigenvalue weighted by molar-refractivity contribution is 1.13. The van der Waals surface area contributed by atoms with Crippen LogP contribution in [0, 0.1) is 11.3 Å². The predicted octanol–water partition coefficient (Wildman–Crippen LogP) is 3.67. The van der Waals surface area contributed by atoms with E-state index in [1.807, 2.05) is 49.5 Å². The molecule has 2 heterocycles. The number of nitrogens with zero attached hydrogens (tertiary/aromatic N) is 5. The zero-order valence-electron chi connectivity index (χ0n) is 14.0. The lowest BCUT2D eigenvalue weighted by Crippen LogP contribution is -2.00. The van der Waals surface area contributed by atoms with Crippen LogP contribution in [-0.4, -0.2) is 27.0 Å². The smallest absolute Gasteiger partial charge is 0.182 e. The van der Waals surface area contributed by atoms with Gasteiger partial charge in [-0.2, -0.15) is 5.26 Å². The van der Waals surface area contributed by atoms with E-state index in [0.717, 1.165) is 27.8 Å². The van der Waals surface area contributed by atoms with Crippen LogP contribution in [0.5, 0.6) is 0 Å². The van der Waals surface area contributed by atoms with Crippen molar-refractivity contribution in [3.05, 3.63) is 66.6 Å². The SMILES string of the molecule is CNc1nc(-c2cnccn2)nc2cc(-c3ccc(C#N)cc3)ccc12. The minimum atomic E-state index is 0.520. The Kier molecular flexibility index (Phi) is 3.96. The maximum Gasteiger partial charge on any atom is 0.182 e. The zero-order valence-corrected chi connectivity index (χ0v) is 14.0. The van der Waals surface area contributed by atoms with E-state index in [1.54, 1.807) is 18.6 Å². The molecule has 6 nitrogen and oxygen atoms in total. The van der Waals surface area contributed by atoms with E-state index in [2.05, 4.69) is 31.3 Å². The molecule has 0 bridgehead atoms. The van der Waals surface area contributed by atoms with Crippen molar-refractivity contribution >= 4 is 16.7 Å². The average molecular weight is 338 g/mol. The monoisotopic (exact) mass is 338 g/mol. The number of rotatable bonds is 3. The van der Waals surface area contributed by atoms with Gasteiger partial charge in [-0.15, -0.1) is 0 Å². The molecule has 0 aliphatic heterocycles. The molecule has 4 rings (SSSR count). The van der Waals surface area contributed by atoms with Crippen molar-refractivity contribution in [2.24, 2.45) is 0 Å². The number of hydrogen-bond donors (Lipinski definition) is 1. The first-order valence-electron chi connectivity index (χ1n) is 8.05. The Morgan fingerprint density at radius 2 is 1.77 bits per heavy atom. The number of aromatic nitrogens is 4. The lowest BCUT2D eigenvalue weighted by atomic mass is 10.0. The van der Waals surface area contributed by atoms with Crippen molar-refractivity contribution in [2.75, 3.05) is 12.4 Å². The molecule has 0 atom stereocenters. The topological polar surface area (TPSA) is 87.4 Å². The zero-order chi connectivity index (χ0) is 17.9. The molecular weight excluding hydrogens is 324 g/mol. The average Bonchev–Trinajstić information content (AvgIpc) is 2.73. The third-order valence-corrected chi connectivity index (χ3v) is 4.07. The van der Waals surface area contributed by atoms with Gasteiger partial charge in [0, 0.05) is 24.8 Å². The van der Waals surface area contributed by atoms with E-state index >= 15 is 0 Å². The molecule has 0 saturated heterocycles. The van der Waals surface area contributed by atoms with E-state index < -0.39 is 0 Å². The molecule has 124 valence electrons. The van der Waals surface area contributed by atoms with Gasteiger partial charge in [0.2, 0.25) is 0 Å². The van der Waals surface area contributed by atoms with E-state index in [-0.39, 0.29) is 0 Å². The third-order valence-electron chi connectivity index (χ3n) is 4.07. The molecule has 6 heteroatoms. The maximum absolute atomic E-state index is 8.95. The van der Waals surface area contributed by atoms with Crippen LogP contribution in [0.4, 0.5) is 5.82 Å². The fourth-order valence-corrected chi connectivity index (χ4v) is 2.77. The molecule has 2 aromatic carbocycles. The Morgan fingerprint density at radius 1 is 0.962 bits per heavy atom. The van der Waals surface area contributed by atoms with Crippen LogP contribution in [0.25, 0.3) is 33.5 Å². The van der Waals surface area contributed by atoms with Crippen LogP contribution >= 0.6 is 0 Å². The highest BCUT2D eigenvalue weighted by atomic mass is 15.0. The molecule has 4 aromatic rings. The second-order valence-corrected chi connectivity index (χ2v) is 5.66. The molecule has 0 unspecified atom stereocenters. The second kappa shape index (κ2) is 6.57. The van der Waals surface area contributed by atoms with Gasteiger partial charge in [-0.1, -0.05) is 18.2 Å². The van der Waals surface area contributed by atoms with Crippen LogP contribution in [0.2, 0.25) is 0 Å². The Labute approximate surface area is 150 Å². The standard InChI is InChI=1S/C20H14N6/c1-22-19-16-7-6-15(14-4-2-13(11-21)3-5-14)10-17(16)25-20(26-19)18-12-23-8-9-24-18/h2-10,12H,1H3,(H,22,25,26). The van der Waals surface area contributed by atoms with E-state index in [4.69, 9.17) is 5.26 Å². The van der Waals surface area contributed by atoms with Gasteiger partial charge >= 0.3 is 0 Å². The largest absolute Gasteiger partial charge is 0.373 e. The van der Waals surface area contributed by atoms with Gasteiger partial charge in [-0.05, 0) is 35.4 Å². The minimum absolute atomic E-state index is 0.520. The molecule has 0 amide bonds. The molecule has 0 aliphatic rings. The first-order valence-corrected chi connectivity index (χ1v) is 8.05. The number of fused-ring (bicyclic) bond motifs is 1. The first kappa shape index (κ1) is 15.7. The van der Waals surface area contributed by atoms with Gasteiger partial charge in [-0.3, -0.25) is 4.98 Å². The van der Waals surface area contributed by atoms with Crippen molar-refractivity contribution in [1.82, 2.24) is 19.9 Å². The van der Waals surface area contributed by atoms with Crippen molar-refractivity contribution < 1.29 is 0 Å². The van der Waals surface area contributed by atoms with Gasteiger partial charge in [-0.25, -0.2) is 15.0 Å². The number of benzene rings is 2. The number of nitriles is 1. The van der Waals surface area contributed by atoms with Crippen LogP contribution in [0.1, 0.15) is 5.56 Å². The summed E-state index contributed by atoms with van der Waals surface area (Å²) in [5, 5.41) is 13.0. The van der Waals surface area contributed by atoms with Gasteiger partial charge in [0.25, 0.3) is 0 Å². The summed E-state index contributed by atoms with van der Waals surface area (Å²) in [5.41, 5.74) is 4.12. The second-order valence-electron chi connectivity index (χ2n) is 5.66. The highest BCUT2D eigenvalue weighted by Crippen LogP contribution is 2.28. The van der Waals surface area contributed by atoms with Crippen molar-refractivity contribution in [3.8, 4) is 28.7 Å². The normalized spacial score (nSPS) is 10.5. The molecule has 1 N–H and O–H groups in total. The number of anilines is 1. The highest BCUT2D eigenvalue weighted by molar-refractivity contribution is 5.93. The van der Waals surface area contributed by atoms with Gasteiger partial charge in [0.1, 0.15) is 11.5 Å². The summed E-state index contributed by atoms with van der Waals surface area (Å²) >= 11 is 0. The molecule has 0 spiro atoms. The Bertz CT molecular complexity index is 1110. The molecule has 26 heavy (non-hydrogen) atoms. The maximum atomic E-state index is 8.95. The van der Waals surface area contributed by atoms with Crippen LogP contribution in [-0.2, 0) is 0 Å². The Hall–Kier alpha value is -3.85. The fraction of sp³-hybridized carbons (Fsp3) is 0.0500. The van der Waals surface area contributed by atoms with Gasteiger partial charge in [0.05, 0.1) is 23.3 Å². The van der Waals surface area contributed by atoms with Crippen LogP contribution in [0.3, 0.4) is 0 Å². The lowest BCUT2D eigenvalue weighted by Gasteiger charge is -2.09. The quantitative estimate of drug-likeness (QED) is 0.613. The summed E-state index contributed by atoms with van der Waals surface area (Å²) in [4.78, 5) is 17.6. The third kappa shape index (κ3) is 2.82. The summed E-state index contributed by atoms with van der Waals surface area (Å²) < 4.78 is 0. The molecule has 2 aromatic heterocycles. The summed E-state index contributed by atoms with van der Waals surface area (Å²) in [6, 6.07) is 15.7. The molecule has 0 saturated carbocycles. The van der Waals surface area contributed by atoms with E-state index in [0.29, 0.717) is 17.1 Å². The van der Waals surface area contributed by atoms with Crippen molar-refractivity contribution in [1.29, 1.82) is 5.26 Å². The van der Waals surface area contributed by atoms with Crippen molar-refractivity contribution in [2.45, 2.75) is 0 Å². The molecule has 0 radical (unpaired) electrons. The first-order chi connectivity index (χ1) is 12.8. The number of nitrogens with one attached hydrogen (secondary N) is 1. The number of hydrogen-bond acceptors (Lipinski definition) is 6. The molecule has 0 aliphatic carbocycles. The predicted molar refractivity (Wildman–Crippen MR) is 100 cm³/mol. The van der Waals surface area contributed by atoms with E-state index in [9.17, 15) is 0 Å². The van der Waals surface area contributed by atoms with Crippen LogP contribution in [0.15, 0.2) is 61.1 Å². The van der Waals surface area contributed by atoms with E-state index in [1.165, 1.54) is 0 Å². The Morgan fingerprint density at radius 3 is 2.46 bits per heavy atom. The fourth-order valence-electron chi connectivity index (χ4n) is 2.77. The Balaban J connectivity index is 1.87. The minimum Gasteiger partial charge on any atom is -0.373 e. The summed E-state index contributed by atoms with van der Waals surface area (Å²) in [6.07, 6.45) is 4.88. The van der Waals surface area contributed by atoms with Crippen LogP contribution < -0.4 is 5.32 Å². The summed E-state index contributed by atoms with van der Waals surface area (Å²) in [7, 11) is 1.83. The molecule has 0 fully saturated rings. The highest BCUT2D eigenvalue weighted by Gasteiger charge is 2.11. The van der Waals surface area contributed by atoms with Crippen molar-refractivity contribution in [3.63, 3.8) is 0 Å². The summed E-state index contributed by atoms with van der Waals surface area (Å²) in [5.74, 6) is 1.26. The van der Waals surface area contributed by atoms with Gasteiger partial charge < -0.3 is 5.32 Å². The van der Waals surface area contributed by atoms with Gasteiger partial charge in [0.15, 0.2) is 5.82 Å².